The number of hydrogen-bond acceptors (Lipinski definition) is 4. The molecule has 0 saturated carbocycles. The van der Waals surface area contributed by atoms with Crippen molar-refractivity contribution < 1.29 is 9.84 Å². The predicted molar refractivity (Wildman–Crippen MR) is 49.9 cm³/mol. The van der Waals surface area contributed by atoms with Crippen molar-refractivity contribution in [2.24, 2.45) is 5.73 Å². The van der Waals surface area contributed by atoms with Crippen LogP contribution in [0.5, 0.6) is 11.5 Å². The monoisotopic (exact) mass is 190 g/mol. The van der Waals surface area contributed by atoms with E-state index in [0.717, 1.165) is 12.0 Å². The molecule has 72 valence electrons. The average molecular weight is 190 g/mol. The van der Waals surface area contributed by atoms with Crippen LogP contribution in [0.4, 0.5) is 0 Å². The zero-order valence-corrected chi connectivity index (χ0v) is 7.53. The topological polar surface area (TPSA) is 79.3 Å². The zero-order valence-electron chi connectivity index (χ0n) is 7.53. The predicted octanol–water partition coefficient (Wildman–Crippen LogP) is 1.05. The number of phenols is 1. The van der Waals surface area contributed by atoms with Crippen molar-refractivity contribution in [1.82, 2.24) is 0 Å². The minimum Gasteiger partial charge on any atom is -0.503 e. The molecule has 0 bridgehead atoms. The number of nitrogens with zero attached hydrogens (tertiary/aromatic N) is 1. The van der Waals surface area contributed by atoms with Gasteiger partial charge in [-0.1, -0.05) is 6.07 Å². The van der Waals surface area contributed by atoms with E-state index in [2.05, 4.69) is 0 Å². The van der Waals surface area contributed by atoms with E-state index < -0.39 is 0 Å². The molecule has 3 N–H and O–H groups in total. The van der Waals surface area contributed by atoms with Crippen molar-refractivity contribution in [2.75, 3.05) is 6.61 Å². The van der Waals surface area contributed by atoms with E-state index in [0.29, 0.717) is 12.4 Å². The summed E-state index contributed by atoms with van der Waals surface area (Å²) in [4.78, 5) is 0. The van der Waals surface area contributed by atoms with Gasteiger partial charge in [-0.3, -0.25) is 0 Å². The van der Waals surface area contributed by atoms with E-state index >= 15 is 0 Å². The van der Waals surface area contributed by atoms with Crippen molar-refractivity contribution in [3.8, 4) is 17.6 Å². The van der Waals surface area contributed by atoms with Gasteiger partial charge in [0, 0.05) is 18.0 Å². The van der Waals surface area contributed by atoms with Gasteiger partial charge >= 0.3 is 0 Å². The fourth-order valence-electron chi connectivity index (χ4n) is 1.56. The second-order valence-corrected chi connectivity index (χ2v) is 3.24. The van der Waals surface area contributed by atoms with Gasteiger partial charge in [0.2, 0.25) is 0 Å². The second-order valence-electron chi connectivity index (χ2n) is 3.24. The first kappa shape index (κ1) is 8.85. The summed E-state index contributed by atoms with van der Waals surface area (Å²) in [6.45, 7) is 0.483. The van der Waals surface area contributed by atoms with Gasteiger partial charge in [-0.15, -0.1) is 0 Å². The Morgan fingerprint density at radius 1 is 1.57 bits per heavy atom. The standard InChI is InChI=1S/C10H10N2O2/c11-5-6-1-2-7-8(12)3-4-14-10(7)9(6)13/h1-2,8,13H,3-4,12H2/t8-/m0/s1. The highest BCUT2D eigenvalue weighted by Gasteiger charge is 2.22. The summed E-state index contributed by atoms with van der Waals surface area (Å²) in [7, 11) is 0. The molecule has 14 heavy (non-hydrogen) atoms. The first-order valence-electron chi connectivity index (χ1n) is 4.38. The van der Waals surface area contributed by atoms with E-state index in [1.807, 2.05) is 6.07 Å². The van der Waals surface area contributed by atoms with Gasteiger partial charge in [-0.2, -0.15) is 5.26 Å². The molecule has 1 aliphatic heterocycles. The van der Waals surface area contributed by atoms with Gasteiger partial charge in [0.05, 0.1) is 12.2 Å². The number of nitriles is 1. The Morgan fingerprint density at radius 2 is 2.36 bits per heavy atom. The maximum absolute atomic E-state index is 9.65. The van der Waals surface area contributed by atoms with Crippen LogP contribution in [-0.2, 0) is 0 Å². The summed E-state index contributed by atoms with van der Waals surface area (Å²) < 4.78 is 5.29. The zero-order chi connectivity index (χ0) is 10.1. The van der Waals surface area contributed by atoms with Crippen molar-refractivity contribution in [3.63, 3.8) is 0 Å². The fraction of sp³-hybridized carbons (Fsp3) is 0.300. The number of hydrogen-bond donors (Lipinski definition) is 2. The Labute approximate surface area is 81.5 Å². The summed E-state index contributed by atoms with van der Waals surface area (Å²) in [5.74, 6) is 0.267. The third-order valence-corrected chi connectivity index (χ3v) is 2.36. The average Bonchev–Trinajstić information content (AvgIpc) is 2.20. The molecule has 0 amide bonds. The third-order valence-electron chi connectivity index (χ3n) is 2.36. The van der Waals surface area contributed by atoms with Crippen molar-refractivity contribution >= 4 is 0 Å². The maximum atomic E-state index is 9.65. The van der Waals surface area contributed by atoms with E-state index in [-0.39, 0.29) is 17.4 Å². The second kappa shape index (κ2) is 3.20. The van der Waals surface area contributed by atoms with E-state index in [1.54, 1.807) is 12.1 Å². The van der Waals surface area contributed by atoms with Gasteiger partial charge in [0.25, 0.3) is 0 Å². The number of aromatic hydroxyl groups is 1. The Hall–Kier alpha value is -1.73. The molecule has 4 nitrogen and oxygen atoms in total. The Kier molecular flexibility index (Phi) is 2.02. The Bertz CT molecular complexity index is 409. The number of ether oxygens (including phenoxy) is 1. The summed E-state index contributed by atoms with van der Waals surface area (Å²) >= 11 is 0. The van der Waals surface area contributed by atoms with Gasteiger partial charge in [0.1, 0.15) is 6.07 Å². The van der Waals surface area contributed by atoms with Crippen LogP contribution in [0.25, 0.3) is 0 Å². The number of phenolic OH excluding ortho intramolecular Hbond substituents is 1. The first-order chi connectivity index (χ1) is 6.74. The van der Waals surface area contributed by atoms with Crippen LogP contribution < -0.4 is 10.5 Å². The molecule has 1 aromatic carbocycles. The molecule has 1 aromatic rings. The van der Waals surface area contributed by atoms with E-state index in [1.165, 1.54) is 0 Å². The van der Waals surface area contributed by atoms with E-state index in [9.17, 15) is 5.11 Å². The van der Waals surface area contributed by atoms with Crippen LogP contribution in [0.15, 0.2) is 12.1 Å². The van der Waals surface area contributed by atoms with Gasteiger partial charge in [-0.25, -0.2) is 0 Å². The lowest BCUT2D eigenvalue weighted by atomic mass is 9.99. The molecular formula is C10H10N2O2. The lowest BCUT2D eigenvalue weighted by molar-refractivity contribution is 0.255. The Morgan fingerprint density at radius 3 is 3.07 bits per heavy atom. The maximum Gasteiger partial charge on any atom is 0.176 e. The largest absolute Gasteiger partial charge is 0.503 e. The summed E-state index contributed by atoms with van der Waals surface area (Å²) in [5.41, 5.74) is 6.82. The fourth-order valence-corrected chi connectivity index (χ4v) is 1.56. The van der Waals surface area contributed by atoms with Gasteiger partial charge in [-0.05, 0) is 6.07 Å². The van der Waals surface area contributed by atoms with Crippen molar-refractivity contribution in [2.45, 2.75) is 12.5 Å². The molecule has 0 fully saturated rings. The van der Waals surface area contributed by atoms with Crippen LogP contribution in [0.3, 0.4) is 0 Å². The number of benzene rings is 1. The molecule has 0 unspecified atom stereocenters. The minimum atomic E-state index is -0.114. The summed E-state index contributed by atoms with van der Waals surface area (Å²) in [6, 6.07) is 5.07. The highest BCUT2D eigenvalue weighted by atomic mass is 16.5. The molecule has 1 atom stereocenters. The van der Waals surface area contributed by atoms with Gasteiger partial charge < -0.3 is 15.6 Å². The van der Waals surface area contributed by atoms with Crippen molar-refractivity contribution in [1.29, 1.82) is 5.26 Å². The lowest BCUT2D eigenvalue weighted by Gasteiger charge is -2.23. The number of fused-ring (bicyclic) bond motifs is 1. The SMILES string of the molecule is N#Cc1ccc2c(c1O)OCC[C@@H]2N. The molecule has 2 rings (SSSR count). The molecule has 0 aromatic heterocycles. The number of rotatable bonds is 0. The van der Waals surface area contributed by atoms with Crippen LogP contribution in [-0.4, -0.2) is 11.7 Å². The molecule has 0 radical (unpaired) electrons. The highest BCUT2D eigenvalue weighted by molar-refractivity contribution is 5.57. The van der Waals surface area contributed by atoms with E-state index in [4.69, 9.17) is 15.7 Å². The van der Waals surface area contributed by atoms with Crippen LogP contribution in [0.1, 0.15) is 23.6 Å². The molecule has 1 aliphatic rings. The molecule has 0 spiro atoms. The van der Waals surface area contributed by atoms with Crippen molar-refractivity contribution in [3.05, 3.63) is 23.3 Å². The highest BCUT2D eigenvalue weighted by Crippen LogP contribution is 2.39. The quantitative estimate of drug-likeness (QED) is 0.640. The van der Waals surface area contributed by atoms with Crippen LogP contribution >= 0.6 is 0 Å². The first-order valence-corrected chi connectivity index (χ1v) is 4.38. The third kappa shape index (κ3) is 1.19. The van der Waals surface area contributed by atoms with Gasteiger partial charge in [0.15, 0.2) is 11.5 Å². The minimum absolute atomic E-state index is 0.0971. The summed E-state index contributed by atoms with van der Waals surface area (Å²) in [5, 5.41) is 18.3. The Balaban J connectivity index is 2.59. The molecule has 0 aliphatic carbocycles. The normalized spacial score (nSPS) is 19.3. The lowest BCUT2D eigenvalue weighted by Crippen LogP contribution is -2.20. The number of nitrogens with two attached hydrogens (primary N) is 1. The van der Waals surface area contributed by atoms with Crippen LogP contribution in [0.2, 0.25) is 0 Å². The molecule has 0 saturated heterocycles. The molecule has 1 heterocycles. The molecular weight excluding hydrogens is 180 g/mol. The smallest absolute Gasteiger partial charge is 0.176 e. The van der Waals surface area contributed by atoms with Crippen LogP contribution in [0, 0.1) is 11.3 Å². The molecule has 4 heteroatoms. The summed E-state index contributed by atoms with van der Waals surface area (Å²) in [6.07, 6.45) is 0.734.